The minimum Gasteiger partial charge on any atom is -0.393 e. The molecule has 3 nitrogen and oxygen atoms in total. The maximum absolute atomic E-state index is 9.96. The van der Waals surface area contributed by atoms with Gasteiger partial charge in [0.15, 0.2) is 0 Å². The van der Waals surface area contributed by atoms with E-state index in [1.54, 1.807) is 6.92 Å². The first-order valence-corrected chi connectivity index (χ1v) is 3.94. The molecule has 1 amide bonds. The molecule has 0 aliphatic carbocycles. The predicted octanol–water partition coefficient (Wildman–Crippen LogP) is 0.385. The second-order valence-corrected chi connectivity index (χ2v) is 3.17. The Balaban J connectivity index is 3.79. The van der Waals surface area contributed by atoms with Crippen molar-refractivity contribution in [1.82, 2.24) is 5.32 Å². The minimum absolute atomic E-state index is 0.153. The number of carbonyl (C=O) groups is 1. The highest BCUT2D eigenvalue weighted by molar-refractivity contribution is 5.45. The van der Waals surface area contributed by atoms with Crippen molar-refractivity contribution in [2.45, 2.75) is 26.9 Å². The zero-order valence-corrected chi connectivity index (χ0v) is 7.37. The number of rotatable bonds is 5. The highest BCUT2D eigenvalue weighted by Crippen LogP contribution is 2.13. The summed E-state index contributed by atoms with van der Waals surface area (Å²) in [5.74, 6) is 0.544. The van der Waals surface area contributed by atoms with Gasteiger partial charge < -0.3 is 10.4 Å². The molecule has 0 aromatic rings. The molecule has 11 heavy (non-hydrogen) atoms. The molecular weight excluding hydrogens is 142 g/mol. The van der Waals surface area contributed by atoms with Gasteiger partial charge in [0.2, 0.25) is 6.41 Å². The molecule has 0 fully saturated rings. The van der Waals surface area contributed by atoms with Crippen molar-refractivity contribution in [1.29, 1.82) is 0 Å². The van der Waals surface area contributed by atoms with Gasteiger partial charge in [0, 0.05) is 12.5 Å². The molecule has 66 valence electrons. The van der Waals surface area contributed by atoms with Gasteiger partial charge in [-0.15, -0.1) is 0 Å². The van der Waals surface area contributed by atoms with Gasteiger partial charge in [0.25, 0.3) is 0 Å². The average molecular weight is 159 g/mol. The largest absolute Gasteiger partial charge is 0.393 e. The Kier molecular flexibility index (Phi) is 4.86. The minimum atomic E-state index is -0.359. The first-order chi connectivity index (χ1) is 5.09. The summed E-state index contributed by atoms with van der Waals surface area (Å²) in [5, 5.41) is 11.8. The van der Waals surface area contributed by atoms with Crippen molar-refractivity contribution in [3.8, 4) is 0 Å². The lowest BCUT2D eigenvalue weighted by Gasteiger charge is -2.22. The summed E-state index contributed by atoms with van der Waals surface area (Å²) >= 11 is 0. The van der Waals surface area contributed by atoms with Crippen molar-refractivity contribution in [2.75, 3.05) is 6.54 Å². The maximum Gasteiger partial charge on any atom is 0.207 e. The Labute approximate surface area is 67.8 Å². The molecule has 0 bridgehead atoms. The fourth-order valence-electron chi connectivity index (χ4n) is 1.15. The number of hydrogen-bond donors (Lipinski definition) is 2. The Bertz CT molecular complexity index is 105. The lowest BCUT2D eigenvalue weighted by molar-refractivity contribution is -0.109. The van der Waals surface area contributed by atoms with Crippen LogP contribution in [0.4, 0.5) is 0 Å². The first kappa shape index (κ1) is 10.4. The molecule has 2 N–H and O–H groups in total. The van der Waals surface area contributed by atoms with Crippen LogP contribution in [-0.4, -0.2) is 24.2 Å². The fraction of sp³-hybridized carbons (Fsp3) is 0.875. The fourth-order valence-corrected chi connectivity index (χ4v) is 1.15. The predicted molar refractivity (Wildman–Crippen MR) is 44.1 cm³/mol. The maximum atomic E-state index is 9.96. The van der Waals surface area contributed by atoms with Crippen LogP contribution in [0.2, 0.25) is 0 Å². The van der Waals surface area contributed by atoms with E-state index in [1.165, 1.54) is 0 Å². The Morgan fingerprint density at radius 1 is 1.45 bits per heavy atom. The van der Waals surface area contributed by atoms with E-state index in [9.17, 15) is 9.90 Å². The summed E-state index contributed by atoms with van der Waals surface area (Å²) < 4.78 is 0. The summed E-state index contributed by atoms with van der Waals surface area (Å²) in [5.41, 5.74) is 0. The number of amides is 1. The Morgan fingerprint density at radius 2 is 2.00 bits per heavy atom. The van der Waals surface area contributed by atoms with Gasteiger partial charge in [-0.2, -0.15) is 0 Å². The molecule has 2 unspecified atom stereocenters. The van der Waals surface area contributed by atoms with E-state index in [-0.39, 0.29) is 12.0 Å². The molecule has 2 atom stereocenters. The van der Waals surface area contributed by atoms with Crippen LogP contribution in [0.1, 0.15) is 20.8 Å². The topological polar surface area (TPSA) is 49.3 Å². The van der Waals surface area contributed by atoms with Crippen LogP contribution in [0.5, 0.6) is 0 Å². The van der Waals surface area contributed by atoms with Crippen LogP contribution >= 0.6 is 0 Å². The highest BCUT2D eigenvalue weighted by atomic mass is 16.3. The average Bonchev–Trinajstić information content (AvgIpc) is 1.87. The van der Waals surface area contributed by atoms with E-state index in [1.807, 2.05) is 13.8 Å². The van der Waals surface area contributed by atoms with Crippen LogP contribution in [0.25, 0.3) is 0 Å². The molecule has 0 spiro atoms. The van der Waals surface area contributed by atoms with E-state index in [0.717, 1.165) is 0 Å². The quantitative estimate of drug-likeness (QED) is 0.570. The molecule has 0 aliphatic rings. The summed E-state index contributed by atoms with van der Waals surface area (Å²) in [6.45, 7) is 6.36. The van der Waals surface area contributed by atoms with Gasteiger partial charge in [-0.3, -0.25) is 4.79 Å². The number of nitrogens with one attached hydrogen (secondary N) is 1. The van der Waals surface area contributed by atoms with Crippen molar-refractivity contribution in [2.24, 2.45) is 11.8 Å². The molecule has 0 aromatic heterocycles. The summed E-state index contributed by atoms with van der Waals surface area (Å²) in [7, 11) is 0. The van der Waals surface area contributed by atoms with Gasteiger partial charge >= 0.3 is 0 Å². The number of carbonyl (C=O) groups excluding carboxylic acids is 1. The molecule has 3 heteroatoms. The lowest BCUT2D eigenvalue weighted by atomic mass is 9.91. The van der Waals surface area contributed by atoms with E-state index in [0.29, 0.717) is 18.9 Å². The van der Waals surface area contributed by atoms with Gasteiger partial charge in [0.05, 0.1) is 6.10 Å². The van der Waals surface area contributed by atoms with Crippen LogP contribution in [-0.2, 0) is 4.79 Å². The van der Waals surface area contributed by atoms with Crippen LogP contribution < -0.4 is 5.32 Å². The molecule has 0 saturated carbocycles. The second kappa shape index (κ2) is 5.13. The van der Waals surface area contributed by atoms with Gasteiger partial charge in [-0.05, 0) is 12.8 Å². The Morgan fingerprint density at radius 3 is 2.27 bits per heavy atom. The van der Waals surface area contributed by atoms with E-state index in [2.05, 4.69) is 5.32 Å². The number of aliphatic hydroxyl groups excluding tert-OH is 1. The van der Waals surface area contributed by atoms with E-state index in [4.69, 9.17) is 0 Å². The molecule has 0 saturated heterocycles. The normalized spacial score (nSPS) is 16.1. The molecule has 0 rings (SSSR count). The highest BCUT2D eigenvalue weighted by Gasteiger charge is 2.17. The van der Waals surface area contributed by atoms with Gasteiger partial charge in [0.1, 0.15) is 0 Å². The lowest BCUT2D eigenvalue weighted by Crippen LogP contribution is -2.32. The molecular formula is C8H17NO2. The monoisotopic (exact) mass is 159 g/mol. The standard InChI is InChI=1S/C8H17NO2/c1-6(2)8(7(3)11)4-9-5-10/h5-8,11H,4H2,1-3H3,(H,9,10). The zero-order chi connectivity index (χ0) is 8.85. The summed E-state index contributed by atoms with van der Waals surface area (Å²) in [6.07, 6.45) is 0.306. The van der Waals surface area contributed by atoms with Crippen molar-refractivity contribution in [3.63, 3.8) is 0 Å². The Hall–Kier alpha value is -0.570. The zero-order valence-electron chi connectivity index (χ0n) is 7.37. The third-order valence-corrected chi connectivity index (χ3v) is 1.91. The summed E-state index contributed by atoms with van der Waals surface area (Å²) in [6, 6.07) is 0. The van der Waals surface area contributed by atoms with Gasteiger partial charge in [-0.1, -0.05) is 13.8 Å². The van der Waals surface area contributed by atoms with Crippen LogP contribution in [0.15, 0.2) is 0 Å². The third kappa shape index (κ3) is 3.98. The third-order valence-electron chi connectivity index (χ3n) is 1.91. The smallest absolute Gasteiger partial charge is 0.207 e. The molecule has 0 aromatic carbocycles. The number of hydrogen-bond acceptors (Lipinski definition) is 2. The molecule has 0 heterocycles. The second-order valence-electron chi connectivity index (χ2n) is 3.17. The van der Waals surface area contributed by atoms with E-state index < -0.39 is 0 Å². The SMILES string of the molecule is CC(C)C(CNC=O)C(C)O. The first-order valence-electron chi connectivity index (χ1n) is 3.94. The van der Waals surface area contributed by atoms with Crippen molar-refractivity contribution in [3.05, 3.63) is 0 Å². The number of aliphatic hydroxyl groups is 1. The van der Waals surface area contributed by atoms with Crippen LogP contribution in [0.3, 0.4) is 0 Å². The molecule has 0 radical (unpaired) electrons. The van der Waals surface area contributed by atoms with Crippen LogP contribution in [0, 0.1) is 11.8 Å². The molecule has 0 aliphatic heterocycles. The van der Waals surface area contributed by atoms with Crippen molar-refractivity contribution >= 4 is 6.41 Å². The summed E-state index contributed by atoms with van der Waals surface area (Å²) in [4.78, 5) is 9.96. The van der Waals surface area contributed by atoms with Gasteiger partial charge in [-0.25, -0.2) is 0 Å². The van der Waals surface area contributed by atoms with E-state index >= 15 is 0 Å². The van der Waals surface area contributed by atoms with Crippen molar-refractivity contribution < 1.29 is 9.90 Å².